The van der Waals surface area contributed by atoms with Gasteiger partial charge in [0.25, 0.3) is 0 Å². The van der Waals surface area contributed by atoms with Crippen LogP contribution in [0.25, 0.3) is 0 Å². The lowest BCUT2D eigenvalue weighted by Gasteiger charge is -2.06. The molecule has 0 amide bonds. The summed E-state index contributed by atoms with van der Waals surface area (Å²) in [4.78, 5) is 5.25. The van der Waals surface area contributed by atoms with Crippen LogP contribution in [0, 0.1) is 0 Å². The van der Waals surface area contributed by atoms with Gasteiger partial charge in [-0.2, -0.15) is 0 Å². The van der Waals surface area contributed by atoms with E-state index in [0.717, 1.165) is 37.0 Å². The molecule has 0 N–H and O–H groups in total. The highest BCUT2D eigenvalue weighted by molar-refractivity contribution is 6.31. The Morgan fingerprint density at radius 3 is 2.71 bits per heavy atom. The molecule has 1 heterocycles. The normalized spacial score (nSPS) is 19.4. The fourth-order valence-corrected chi connectivity index (χ4v) is 2.37. The van der Waals surface area contributed by atoms with Crippen molar-refractivity contribution in [3.63, 3.8) is 0 Å². The van der Waals surface area contributed by atoms with Gasteiger partial charge in [-0.05, 0) is 55.0 Å². The van der Waals surface area contributed by atoms with Gasteiger partial charge >= 0.3 is 0 Å². The molecule has 0 radical (unpaired) electrons. The molecule has 1 aromatic carbocycles. The van der Waals surface area contributed by atoms with Gasteiger partial charge in [0.15, 0.2) is 0 Å². The summed E-state index contributed by atoms with van der Waals surface area (Å²) in [6.07, 6.45) is 9.59. The number of oxime groups is 1. The van der Waals surface area contributed by atoms with Crippen molar-refractivity contribution in [2.75, 3.05) is 6.61 Å². The van der Waals surface area contributed by atoms with Gasteiger partial charge in [0.05, 0.1) is 5.71 Å². The minimum absolute atomic E-state index is 0.435. The van der Waals surface area contributed by atoms with Gasteiger partial charge in [-0.1, -0.05) is 53.7 Å². The van der Waals surface area contributed by atoms with Gasteiger partial charge in [-0.15, -0.1) is 0 Å². The molecule has 0 fully saturated rings. The van der Waals surface area contributed by atoms with Crippen molar-refractivity contribution in [1.82, 2.24) is 0 Å². The second-order valence-electron chi connectivity index (χ2n) is 4.98. The van der Waals surface area contributed by atoms with Crippen molar-refractivity contribution in [3.05, 3.63) is 71.3 Å². The fourth-order valence-electron chi connectivity index (χ4n) is 2.15. The Bertz CT molecular complexity index is 558. The molecule has 110 valence electrons. The van der Waals surface area contributed by atoms with Crippen LogP contribution in [0.4, 0.5) is 0 Å². The molecule has 1 aliphatic rings. The lowest BCUT2D eigenvalue weighted by atomic mass is 10.0. The zero-order valence-electron chi connectivity index (χ0n) is 12.1. The Morgan fingerprint density at radius 1 is 1.14 bits per heavy atom. The Kier molecular flexibility index (Phi) is 6.29. The van der Waals surface area contributed by atoms with Crippen LogP contribution in [0.15, 0.2) is 70.9 Å². The van der Waals surface area contributed by atoms with Crippen molar-refractivity contribution in [2.24, 2.45) is 5.16 Å². The average molecular weight is 302 g/mol. The maximum Gasteiger partial charge on any atom is 0.135 e. The van der Waals surface area contributed by atoms with Crippen molar-refractivity contribution in [1.29, 1.82) is 0 Å². The zero-order valence-corrected chi connectivity index (χ0v) is 12.9. The smallest absolute Gasteiger partial charge is 0.135 e. The van der Waals surface area contributed by atoms with Crippen LogP contribution in [0.1, 0.15) is 24.8 Å². The summed E-state index contributed by atoms with van der Waals surface area (Å²) in [6, 6.07) is 10.5. The highest BCUT2D eigenvalue weighted by Gasteiger charge is 2.06. The van der Waals surface area contributed by atoms with E-state index in [4.69, 9.17) is 16.4 Å². The highest BCUT2D eigenvalue weighted by Crippen LogP contribution is 2.15. The summed E-state index contributed by atoms with van der Waals surface area (Å²) in [5.74, 6) is 0. The molecule has 0 saturated carbocycles. The minimum atomic E-state index is 0.435. The third-order valence-corrected chi connectivity index (χ3v) is 3.51. The van der Waals surface area contributed by atoms with Crippen molar-refractivity contribution in [2.45, 2.75) is 25.7 Å². The second-order valence-corrected chi connectivity index (χ2v) is 5.42. The number of unbranched alkanes of at least 4 members (excludes halogenated alkanes) is 1. The zero-order chi connectivity index (χ0) is 14.9. The van der Waals surface area contributed by atoms with Gasteiger partial charge in [0.1, 0.15) is 6.61 Å². The summed E-state index contributed by atoms with van der Waals surface area (Å²) in [6.45, 7) is 4.46. The van der Waals surface area contributed by atoms with E-state index in [-0.39, 0.29) is 0 Å². The van der Waals surface area contributed by atoms with Crippen LogP contribution in [-0.2, 0) is 11.3 Å². The third kappa shape index (κ3) is 5.60. The number of nitrogens with zero attached hydrogens (tertiary/aromatic N) is 1. The molecule has 0 unspecified atom stereocenters. The van der Waals surface area contributed by atoms with Crippen molar-refractivity contribution < 1.29 is 4.84 Å². The van der Waals surface area contributed by atoms with E-state index in [1.807, 2.05) is 18.2 Å². The van der Waals surface area contributed by atoms with Crippen LogP contribution in [-0.4, -0.2) is 12.3 Å². The minimum Gasteiger partial charge on any atom is -0.391 e. The Labute approximate surface area is 131 Å². The van der Waals surface area contributed by atoms with E-state index >= 15 is 0 Å². The molecule has 1 aromatic rings. The molecule has 3 heteroatoms. The number of aryl methyl sites for hydroxylation is 1. The highest BCUT2D eigenvalue weighted by atomic mass is 35.5. The van der Waals surface area contributed by atoms with Crippen molar-refractivity contribution >= 4 is 17.3 Å². The summed E-state index contributed by atoms with van der Waals surface area (Å²) in [5, 5.41) is 4.82. The summed E-state index contributed by atoms with van der Waals surface area (Å²) >= 11 is 6.07. The Morgan fingerprint density at radius 2 is 1.90 bits per heavy atom. The number of benzene rings is 1. The van der Waals surface area contributed by atoms with Crippen LogP contribution in [0.2, 0.25) is 0 Å². The van der Waals surface area contributed by atoms with E-state index in [1.54, 1.807) is 6.08 Å². The van der Waals surface area contributed by atoms with Gasteiger partial charge in [0, 0.05) is 5.03 Å². The first-order valence-electron chi connectivity index (χ1n) is 7.21. The molecule has 1 aliphatic heterocycles. The second kappa shape index (κ2) is 8.48. The molecule has 2 rings (SSSR count). The number of hydrogen-bond acceptors (Lipinski definition) is 2. The Balaban J connectivity index is 1.83. The number of allylic oxidation sites excluding steroid dienone is 4. The number of rotatable bonds is 5. The molecule has 0 spiro atoms. The first-order chi connectivity index (χ1) is 10.3. The van der Waals surface area contributed by atoms with E-state index in [2.05, 4.69) is 36.0 Å². The molecule has 0 aromatic heterocycles. The summed E-state index contributed by atoms with van der Waals surface area (Å²) in [7, 11) is 0. The van der Waals surface area contributed by atoms with E-state index in [0.29, 0.717) is 11.6 Å². The van der Waals surface area contributed by atoms with Gasteiger partial charge in [-0.25, -0.2) is 0 Å². The maximum atomic E-state index is 6.07. The maximum absolute atomic E-state index is 6.07. The topological polar surface area (TPSA) is 21.6 Å². The molecule has 0 bridgehead atoms. The van der Waals surface area contributed by atoms with Gasteiger partial charge in [0.2, 0.25) is 0 Å². The van der Waals surface area contributed by atoms with Crippen LogP contribution < -0.4 is 0 Å². The molecular formula is C18H20ClNO. The van der Waals surface area contributed by atoms with Gasteiger partial charge in [-0.3, -0.25) is 0 Å². The number of halogens is 1. The van der Waals surface area contributed by atoms with Crippen LogP contribution >= 0.6 is 11.6 Å². The lowest BCUT2D eigenvalue weighted by molar-refractivity contribution is 0.174. The van der Waals surface area contributed by atoms with E-state index < -0.39 is 0 Å². The third-order valence-electron chi connectivity index (χ3n) is 3.28. The predicted molar refractivity (Wildman–Crippen MR) is 89.6 cm³/mol. The Hall–Kier alpha value is -1.80. The van der Waals surface area contributed by atoms with E-state index in [1.165, 1.54) is 5.56 Å². The average Bonchev–Trinajstić information content (AvgIpc) is 2.56. The van der Waals surface area contributed by atoms with Crippen LogP contribution in [0.5, 0.6) is 0 Å². The van der Waals surface area contributed by atoms with Crippen molar-refractivity contribution in [3.8, 4) is 0 Å². The van der Waals surface area contributed by atoms with Gasteiger partial charge < -0.3 is 4.84 Å². The molecule has 2 nitrogen and oxygen atoms in total. The predicted octanol–water partition coefficient (Wildman–Crippen LogP) is 5.02. The molecule has 21 heavy (non-hydrogen) atoms. The number of hydrogen-bond donors (Lipinski definition) is 0. The fraction of sp³-hybridized carbons (Fsp3) is 0.278. The molecule has 0 aliphatic carbocycles. The molecular weight excluding hydrogens is 282 g/mol. The summed E-state index contributed by atoms with van der Waals surface area (Å²) in [5.41, 5.74) is 3.08. The standard InChI is InChI=1S/C18H20ClNO/c1-15-14-17(19)11-7-13-21-20-18(15)12-6-5-10-16-8-3-2-4-9-16/h2-4,7-9,11,14H,1,5-6,10,12-13H2/b11-7-,17-14+,20-18?. The quantitative estimate of drug-likeness (QED) is 0.700. The van der Waals surface area contributed by atoms with Crippen LogP contribution in [0.3, 0.4) is 0 Å². The summed E-state index contributed by atoms with van der Waals surface area (Å²) < 4.78 is 0. The first kappa shape index (κ1) is 15.6. The largest absolute Gasteiger partial charge is 0.391 e. The SMILES string of the molecule is C=C1/C=C(Cl)\C=C/CON=C1CCCCc1ccccc1. The molecule has 0 atom stereocenters. The van der Waals surface area contributed by atoms with E-state index in [9.17, 15) is 0 Å². The monoisotopic (exact) mass is 301 g/mol. The first-order valence-corrected chi connectivity index (χ1v) is 7.59. The lowest BCUT2D eigenvalue weighted by Crippen LogP contribution is -2.02. The molecule has 0 saturated heterocycles.